The third-order valence-corrected chi connectivity index (χ3v) is 5.97. The van der Waals surface area contributed by atoms with Crippen molar-refractivity contribution in [2.45, 2.75) is 25.8 Å². The fourth-order valence-electron chi connectivity index (χ4n) is 3.40. The SMILES string of the molecule is COc1ccccc1CN=C(N)NCC1CC12CCSCC2. The smallest absolute Gasteiger partial charge is 0.188 e. The lowest BCUT2D eigenvalue weighted by Crippen LogP contribution is -2.34. The van der Waals surface area contributed by atoms with Crippen molar-refractivity contribution in [1.82, 2.24) is 5.32 Å². The first-order valence-corrected chi connectivity index (χ1v) is 9.12. The molecular formula is C17H25N3OS. The summed E-state index contributed by atoms with van der Waals surface area (Å²) in [4.78, 5) is 4.44. The van der Waals surface area contributed by atoms with Gasteiger partial charge < -0.3 is 15.8 Å². The van der Waals surface area contributed by atoms with Gasteiger partial charge in [0.05, 0.1) is 13.7 Å². The zero-order valence-electron chi connectivity index (χ0n) is 13.2. The van der Waals surface area contributed by atoms with Crippen LogP contribution >= 0.6 is 11.8 Å². The number of guanidine groups is 1. The molecule has 1 aromatic carbocycles. The van der Waals surface area contributed by atoms with Crippen LogP contribution in [0.3, 0.4) is 0 Å². The Labute approximate surface area is 136 Å². The maximum absolute atomic E-state index is 6.00. The highest BCUT2D eigenvalue weighted by atomic mass is 32.2. The Morgan fingerprint density at radius 3 is 2.95 bits per heavy atom. The number of methoxy groups -OCH3 is 1. The number of nitrogens with two attached hydrogens (primary N) is 1. The van der Waals surface area contributed by atoms with Gasteiger partial charge in [-0.25, -0.2) is 4.99 Å². The summed E-state index contributed by atoms with van der Waals surface area (Å²) in [7, 11) is 1.68. The van der Waals surface area contributed by atoms with Gasteiger partial charge >= 0.3 is 0 Å². The van der Waals surface area contributed by atoms with Crippen LogP contribution in [-0.4, -0.2) is 31.1 Å². The van der Waals surface area contributed by atoms with E-state index in [0.717, 1.165) is 23.8 Å². The van der Waals surface area contributed by atoms with E-state index in [4.69, 9.17) is 10.5 Å². The Kier molecular flexibility index (Phi) is 4.81. The van der Waals surface area contributed by atoms with E-state index in [-0.39, 0.29) is 0 Å². The normalized spacial score (nSPS) is 23.3. The van der Waals surface area contributed by atoms with Gasteiger partial charge in [0, 0.05) is 12.1 Å². The summed E-state index contributed by atoms with van der Waals surface area (Å²) in [5.74, 6) is 4.84. The molecule has 2 aliphatic rings. The number of rotatable bonds is 5. The first-order valence-electron chi connectivity index (χ1n) is 7.97. The van der Waals surface area contributed by atoms with E-state index in [0.29, 0.717) is 17.9 Å². The highest BCUT2D eigenvalue weighted by Gasteiger charge is 2.53. The van der Waals surface area contributed by atoms with E-state index in [1.165, 1.54) is 30.8 Å². The molecule has 22 heavy (non-hydrogen) atoms. The fraction of sp³-hybridized carbons (Fsp3) is 0.588. The van der Waals surface area contributed by atoms with Crippen LogP contribution < -0.4 is 15.8 Å². The molecule has 1 saturated carbocycles. The second-order valence-electron chi connectivity index (χ2n) is 6.27. The highest BCUT2D eigenvalue weighted by molar-refractivity contribution is 7.99. The van der Waals surface area contributed by atoms with Gasteiger partial charge in [0.25, 0.3) is 0 Å². The summed E-state index contributed by atoms with van der Waals surface area (Å²) >= 11 is 2.09. The molecule has 1 saturated heterocycles. The maximum Gasteiger partial charge on any atom is 0.188 e. The van der Waals surface area contributed by atoms with Crippen molar-refractivity contribution < 1.29 is 4.74 Å². The molecule has 2 fully saturated rings. The number of thioether (sulfide) groups is 1. The minimum absolute atomic E-state index is 0.540. The molecule has 0 bridgehead atoms. The predicted molar refractivity (Wildman–Crippen MR) is 93.4 cm³/mol. The summed E-state index contributed by atoms with van der Waals surface area (Å²) in [6, 6.07) is 7.92. The standard InChI is InChI=1S/C17H25N3OS/c1-21-15-5-3-2-4-13(15)11-19-16(18)20-12-14-10-17(14)6-8-22-9-7-17/h2-5,14H,6-12H2,1H3,(H3,18,19,20). The lowest BCUT2D eigenvalue weighted by Gasteiger charge is -2.22. The number of ether oxygens (including phenoxy) is 1. The first kappa shape index (κ1) is 15.5. The van der Waals surface area contributed by atoms with Gasteiger partial charge in [0.1, 0.15) is 5.75 Å². The van der Waals surface area contributed by atoms with E-state index in [9.17, 15) is 0 Å². The van der Waals surface area contributed by atoms with Gasteiger partial charge in [0.15, 0.2) is 5.96 Å². The number of hydrogen-bond donors (Lipinski definition) is 2. The molecule has 0 amide bonds. The number of aliphatic imine (C=N–C) groups is 1. The van der Waals surface area contributed by atoms with Gasteiger partial charge in [-0.1, -0.05) is 18.2 Å². The van der Waals surface area contributed by atoms with Crippen LogP contribution in [0.4, 0.5) is 0 Å². The number of benzene rings is 1. The van der Waals surface area contributed by atoms with Crippen LogP contribution in [-0.2, 0) is 6.54 Å². The van der Waals surface area contributed by atoms with E-state index in [2.05, 4.69) is 22.1 Å². The Hall–Kier alpha value is -1.36. The highest BCUT2D eigenvalue weighted by Crippen LogP contribution is 2.60. The van der Waals surface area contributed by atoms with Crippen molar-refractivity contribution in [2.75, 3.05) is 25.2 Å². The molecule has 5 heteroatoms. The second kappa shape index (κ2) is 6.82. The van der Waals surface area contributed by atoms with Gasteiger partial charge in [0.2, 0.25) is 0 Å². The van der Waals surface area contributed by atoms with Crippen LogP contribution in [0.2, 0.25) is 0 Å². The van der Waals surface area contributed by atoms with Crippen molar-refractivity contribution in [2.24, 2.45) is 22.1 Å². The van der Waals surface area contributed by atoms with E-state index >= 15 is 0 Å². The molecule has 1 aromatic rings. The number of hydrogen-bond acceptors (Lipinski definition) is 3. The first-order chi connectivity index (χ1) is 10.7. The van der Waals surface area contributed by atoms with E-state index in [1.807, 2.05) is 24.3 Å². The molecule has 1 aliphatic heterocycles. The molecule has 1 spiro atoms. The summed E-state index contributed by atoms with van der Waals surface area (Å²) in [5.41, 5.74) is 7.68. The Bertz CT molecular complexity index is 540. The molecule has 4 nitrogen and oxygen atoms in total. The average Bonchev–Trinajstić information content (AvgIpc) is 3.23. The Morgan fingerprint density at radius 2 is 2.18 bits per heavy atom. The molecule has 3 N–H and O–H groups in total. The zero-order valence-corrected chi connectivity index (χ0v) is 14.0. The topological polar surface area (TPSA) is 59.6 Å². The maximum atomic E-state index is 6.00. The molecule has 120 valence electrons. The van der Waals surface area contributed by atoms with Crippen molar-refractivity contribution >= 4 is 17.7 Å². The molecule has 1 aliphatic carbocycles. The lowest BCUT2D eigenvalue weighted by atomic mass is 9.96. The third-order valence-electron chi connectivity index (χ3n) is 4.99. The largest absolute Gasteiger partial charge is 0.496 e. The Morgan fingerprint density at radius 1 is 1.41 bits per heavy atom. The summed E-state index contributed by atoms with van der Waals surface area (Å²) in [6.07, 6.45) is 4.12. The molecule has 1 heterocycles. The monoisotopic (exact) mass is 319 g/mol. The fourth-order valence-corrected chi connectivity index (χ4v) is 4.70. The van der Waals surface area contributed by atoms with Gasteiger partial charge in [-0.2, -0.15) is 11.8 Å². The number of nitrogens with zero attached hydrogens (tertiary/aromatic N) is 1. The number of para-hydroxylation sites is 1. The lowest BCUT2D eigenvalue weighted by molar-refractivity contribution is 0.410. The zero-order chi connectivity index (χ0) is 15.4. The summed E-state index contributed by atoms with van der Waals surface area (Å²) < 4.78 is 5.33. The van der Waals surface area contributed by atoms with Crippen LogP contribution in [0, 0.1) is 11.3 Å². The summed E-state index contributed by atoms with van der Waals surface area (Å²) in [5, 5.41) is 3.30. The van der Waals surface area contributed by atoms with Gasteiger partial charge in [-0.3, -0.25) is 0 Å². The van der Waals surface area contributed by atoms with Crippen molar-refractivity contribution in [3.63, 3.8) is 0 Å². The molecular weight excluding hydrogens is 294 g/mol. The molecule has 3 rings (SSSR count). The average molecular weight is 319 g/mol. The van der Waals surface area contributed by atoms with Crippen LogP contribution in [0.15, 0.2) is 29.3 Å². The van der Waals surface area contributed by atoms with Crippen LogP contribution in [0.1, 0.15) is 24.8 Å². The van der Waals surface area contributed by atoms with Crippen molar-refractivity contribution in [3.8, 4) is 5.75 Å². The van der Waals surface area contributed by atoms with E-state index in [1.54, 1.807) is 7.11 Å². The minimum atomic E-state index is 0.540. The quantitative estimate of drug-likeness (QED) is 0.647. The third kappa shape index (κ3) is 3.51. The second-order valence-corrected chi connectivity index (χ2v) is 7.49. The minimum Gasteiger partial charge on any atom is -0.496 e. The molecule has 1 unspecified atom stereocenters. The van der Waals surface area contributed by atoms with Gasteiger partial charge in [-0.05, 0) is 48.2 Å². The summed E-state index contributed by atoms with van der Waals surface area (Å²) in [6.45, 7) is 1.52. The molecule has 0 aromatic heterocycles. The molecule has 1 atom stereocenters. The van der Waals surface area contributed by atoms with Crippen LogP contribution in [0.25, 0.3) is 0 Å². The predicted octanol–water partition coefficient (Wildman–Crippen LogP) is 2.63. The van der Waals surface area contributed by atoms with Crippen molar-refractivity contribution in [3.05, 3.63) is 29.8 Å². The van der Waals surface area contributed by atoms with Crippen LogP contribution in [0.5, 0.6) is 5.75 Å². The number of nitrogens with one attached hydrogen (secondary N) is 1. The van der Waals surface area contributed by atoms with E-state index < -0.39 is 0 Å². The Balaban J connectivity index is 1.47. The van der Waals surface area contributed by atoms with Crippen molar-refractivity contribution in [1.29, 1.82) is 0 Å². The molecule has 0 radical (unpaired) electrons. The van der Waals surface area contributed by atoms with Gasteiger partial charge in [-0.15, -0.1) is 0 Å².